The van der Waals surface area contributed by atoms with E-state index in [0.29, 0.717) is 5.69 Å². The quantitative estimate of drug-likeness (QED) is 0.796. The zero-order chi connectivity index (χ0) is 14.1. The zero-order valence-corrected chi connectivity index (χ0v) is 11.9. The molecule has 0 bridgehead atoms. The Balaban J connectivity index is 2.20. The van der Waals surface area contributed by atoms with Gasteiger partial charge in [-0.25, -0.2) is 4.98 Å². The third-order valence-corrected chi connectivity index (χ3v) is 4.07. The van der Waals surface area contributed by atoms with Crippen molar-refractivity contribution in [2.45, 2.75) is 20.5 Å². The largest absolute Gasteiger partial charge is 0.390 e. The minimum Gasteiger partial charge on any atom is -0.390 e. The Labute approximate surface area is 119 Å². The summed E-state index contributed by atoms with van der Waals surface area (Å²) in [6.07, 6.45) is 3.43. The van der Waals surface area contributed by atoms with Crippen LogP contribution < -0.4 is 0 Å². The molecule has 0 fully saturated rings. The summed E-state index contributed by atoms with van der Waals surface area (Å²) in [5, 5.41) is 18.3. The van der Waals surface area contributed by atoms with Crippen LogP contribution in [0.25, 0.3) is 16.4 Å². The molecule has 102 valence electrons. The van der Waals surface area contributed by atoms with Crippen LogP contribution in [0.1, 0.15) is 16.3 Å². The molecule has 0 saturated heterocycles. The molecule has 0 spiro atoms. The Morgan fingerprint density at radius 3 is 2.80 bits per heavy atom. The van der Waals surface area contributed by atoms with Gasteiger partial charge in [-0.05, 0) is 26.0 Å². The van der Waals surface area contributed by atoms with E-state index in [-0.39, 0.29) is 6.61 Å². The molecule has 7 heteroatoms. The first kappa shape index (κ1) is 12.9. The molecule has 0 unspecified atom stereocenters. The first-order valence-corrected chi connectivity index (χ1v) is 6.92. The fourth-order valence-electron chi connectivity index (χ4n) is 1.89. The highest BCUT2D eigenvalue weighted by Crippen LogP contribution is 2.27. The van der Waals surface area contributed by atoms with Gasteiger partial charge in [-0.2, -0.15) is 4.68 Å². The highest BCUT2D eigenvalue weighted by Gasteiger charge is 2.18. The van der Waals surface area contributed by atoms with Crippen molar-refractivity contribution >= 4 is 11.3 Å². The molecule has 0 saturated carbocycles. The lowest BCUT2D eigenvalue weighted by Gasteiger charge is -2.04. The maximum absolute atomic E-state index is 9.45. The number of aromatic nitrogens is 5. The predicted molar refractivity (Wildman–Crippen MR) is 75.7 cm³/mol. The van der Waals surface area contributed by atoms with E-state index in [4.69, 9.17) is 0 Å². The second-order valence-corrected chi connectivity index (χ2v) is 5.52. The van der Waals surface area contributed by atoms with E-state index in [2.05, 4.69) is 20.3 Å². The van der Waals surface area contributed by atoms with Crippen molar-refractivity contribution in [1.82, 2.24) is 25.0 Å². The van der Waals surface area contributed by atoms with Crippen LogP contribution in [0.15, 0.2) is 24.5 Å². The van der Waals surface area contributed by atoms with Gasteiger partial charge in [0, 0.05) is 22.8 Å². The minimum atomic E-state index is -0.173. The number of nitrogens with zero attached hydrogens (tertiary/aromatic N) is 5. The maximum Gasteiger partial charge on any atom is 0.212 e. The van der Waals surface area contributed by atoms with E-state index in [1.807, 2.05) is 26.0 Å². The van der Waals surface area contributed by atoms with Crippen LogP contribution in [0, 0.1) is 13.8 Å². The van der Waals surface area contributed by atoms with Gasteiger partial charge >= 0.3 is 0 Å². The first-order valence-electron chi connectivity index (χ1n) is 6.11. The number of aliphatic hydroxyl groups excluding tert-OH is 1. The van der Waals surface area contributed by atoms with E-state index in [1.165, 1.54) is 0 Å². The molecular weight excluding hydrogens is 274 g/mol. The number of rotatable bonds is 3. The highest BCUT2D eigenvalue weighted by molar-refractivity contribution is 7.14. The molecule has 3 aromatic rings. The van der Waals surface area contributed by atoms with Gasteiger partial charge in [0.25, 0.3) is 0 Å². The summed E-state index contributed by atoms with van der Waals surface area (Å²) in [5.74, 6) is 0. The molecule has 3 aromatic heterocycles. The van der Waals surface area contributed by atoms with Crippen molar-refractivity contribution in [3.63, 3.8) is 0 Å². The number of aryl methyl sites for hydroxylation is 2. The van der Waals surface area contributed by atoms with Gasteiger partial charge in [-0.15, -0.1) is 5.10 Å². The summed E-state index contributed by atoms with van der Waals surface area (Å²) in [6.45, 7) is 3.81. The molecule has 0 radical (unpaired) electrons. The number of aliphatic hydroxyl groups is 1. The van der Waals surface area contributed by atoms with Gasteiger partial charge in [0.05, 0.1) is 12.3 Å². The molecule has 3 rings (SSSR count). The van der Waals surface area contributed by atoms with Gasteiger partial charge in [0.15, 0.2) is 0 Å². The van der Waals surface area contributed by atoms with Gasteiger partial charge in [-0.1, -0.05) is 16.6 Å². The zero-order valence-electron chi connectivity index (χ0n) is 11.1. The molecule has 0 aliphatic heterocycles. The van der Waals surface area contributed by atoms with Crippen molar-refractivity contribution in [3.05, 3.63) is 40.8 Å². The lowest BCUT2D eigenvalue weighted by Crippen LogP contribution is -2.00. The Bertz CT molecular complexity index is 715. The molecule has 20 heavy (non-hydrogen) atoms. The third kappa shape index (κ3) is 2.10. The summed E-state index contributed by atoms with van der Waals surface area (Å²) in [7, 11) is 0. The predicted octanol–water partition coefficient (Wildman–Crippen LogP) is 1.89. The Morgan fingerprint density at radius 1 is 1.35 bits per heavy atom. The van der Waals surface area contributed by atoms with Gasteiger partial charge in [0.1, 0.15) is 11.4 Å². The molecular formula is C13H13N5OS. The smallest absolute Gasteiger partial charge is 0.212 e. The monoisotopic (exact) mass is 287 g/mol. The van der Waals surface area contributed by atoms with E-state index >= 15 is 0 Å². The normalized spacial score (nSPS) is 10.9. The average molecular weight is 287 g/mol. The number of hydrogen-bond donors (Lipinski definition) is 1. The fraction of sp³-hybridized carbons (Fsp3) is 0.231. The van der Waals surface area contributed by atoms with Crippen LogP contribution in [0.4, 0.5) is 0 Å². The molecule has 0 aromatic carbocycles. The van der Waals surface area contributed by atoms with Crippen molar-refractivity contribution < 1.29 is 5.11 Å². The molecule has 0 amide bonds. The molecule has 6 nitrogen and oxygen atoms in total. The van der Waals surface area contributed by atoms with Crippen molar-refractivity contribution in [2.75, 3.05) is 0 Å². The number of thiazole rings is 1. The van der Waals surface area contributed by atoms with Crippen LogP contribution in [0.2, 0.25) is 0 Å². The Morgan fingerprint density at radius 2 is 2.20 bits per heavy atom. The summed E-state index contributed by atoms with van der Waals surface area (Å²) in [6, 6.07) is 3.75. The third-order valence-electron chi connectivity index (χ3n) is 3.02. The number of pyridine rings is 1. The van der Waals surface area contributed by atoms with Crippen LogP contribution in [0.3, 0.4) is 0 Å². The molecule has 1 N–H and O–H groups in total. The summed E-state index contributed by atoms with van der Waals surface area (Å²) in [4.78, 5) is 9.73. The summed E-state index contributed by atoms with van der Waals surface area (Å²) >= 11 is 1.55. The van der Waals surface area contributed by atoms with E-state index in [1.54, 1.807) is 28.4 Å². The van der Waals surface area contributed by atoms with Crippen LogP contribution >= 0.6 is 11.3 Å². The summed E-state index contributed by atoms with van der Waals surface area (Å²) < 4.78 is 1.66. The van der Waals surface area contributed by atoms with Crippen LogP contribution in [0.5, 0.6) is 0 Å². The molecule has 3 heterocycles. The average Bonchev–Trinajstić information content (AvgIpc) is 3.04. The minimum absolute atomic E-state index is 0.173. The van der Waals surface area contributed by atoms with Gasteiger partial charge < -0.3 is 5.11 Å². The van der Waals surface area contributed by atoms with E-state index in [0.717, 1.165) is 27.0 Å². The molecule has 0 atom stereocenters. The molecule has 0 aliphatic carbocycles. The Hall–Kier alpha value is -2.12. The SMILES string of the molecule is Cc1nc(-n2nnc(CO)c2-c2cccnc2)sc1C. The Kier molecular flexibility index (Phi) is 3.29. The van der Waals surface area contributed by atoms with E-state index < -0.39 is 0 Å². The van der Waals surface area contributed by atoms with Gasteiger partial charge in [0.2, 0.25) is 5.13 Å². The first-order chi connectivity index (χ1) is 9.70. The summed E-state index contributed by atoms with van der Waals surface area (Å²) in [5.41, 5.74) is 3.08. The van der Waals surface area contributed by atoms with Crippen molar-refractivity contribution in [1.29, 1.82) is 0 Å². The molecule has 0 aliphatic rings. The highest BCUT2D eigenvalue weighted by atomic mass is 32.1. The lowest BCUT2D eigenvalue weighted by molar-refractivity contribution is 0.277. The lowest BCUT2D eigenvalue weighted by atomic mass is 10.2. The second kappa shape index (κ2) is 5.10. The van der Waals surface area contributed by atoms with Crippen molar-refractivity contribution in [2.24, 2.45) is 0 Å². The fourth-order valence-corrected chi connectivity index (χ4v) is 2.76. The van der Waals surface area contributed by atoms with Crippen LogP contribution in [-0.4, -0.2) is 30.1 Å². The topological polar surface area (TPSA) is 76.7 Å². The van der Waals surface area contributed by atoms with Crippen molar-refractivity contribution in [3.8, 4) is 16.4 Å². The van der Waals surface area contributed by atoms with Gasteiger partial charge in [-0.3, -0.25) is 4.98 Å². The van der Waals surface area contributed by atoms with Crippen LogP contribution in [-0.2, 0) is 6.61 Å². The second-order valence-electron chi connectivity index (χ2n) is 4.33. The maximum atomic E-state index is 9.45. The standard InChI is InChI=1S/C13H13N5OS/c1-8-9(2)20-13(15-8)18-12(11(7-19)16-17-18)10-4-3-5-14-6-10/h3-6,19H,7H2,1-2H3. The number of hydrogen-bond acceptors (Lipinski definition) is 6. The van der Waals surface area contributed by atoms with E-state index in [9.17, 15) is 5.11 Å².